The summed E-state index contributed by atoms with van der Waals surface area (Å²) in [4.78, 5) is 22.7. The molecule has 3 heterocycles. The van der Waals surface area contributed by atoms with Gasteiger partial charge in [-0.05, 0) is 0 Å². The highest BCUT2D eigenvalue weighted by Crippen LogP contribution is 2.13. The van der Waals surface area contributed by atoms with E-state index in [4.69, 9.17) is 0 Å². The first-order valence-electron chi connectivity index (χ1n) is 6.07. The average molecular weight is 235 g/mol. The van der Waals surface area contributed by atoms with Gasteiger partial charge in [-0.1, -0.05) is 0 Å². The summed E-state index contributed by atoms with van der Waals surface area (Å²) in [5.41, 5.74) is -0.0828. The maximum Gasteiger partial charge on any atom is 0.252 e. The van der Waals surface area contributed by atoms with Gasteiger partial charge in [0.05, 0.1) is 6.33 Å². The van der Waals surface area contributed by atoms with Gasteiger partial charge < -0.3 is 15.2 Å². The van der Waals surface area contributed by atoms with E-state index in [1.165, 1.54) is 6.33 Å². The third-order valence-corrected chi connectivity index (χ3v) is 3.58. The zero-order valence-corrected chi connectivity index (χ0v) is 9.72. The molecule has 92 valence electrons. The van der Waals surface area contributed by atoms with Crippen LogP contribution in [0, 0.1) is 0 Å². The van der Waals surface area contributed by atoms with Gasteiger partial charge in [0.25, 0.3) is 5.56 Å². The van der Waals surface area contributed by atoms with Crippen LogP contribution in [0.3, 0.4) is 0 Å². The molecule has 0 atom stereocenters. The Bertz CT molecular complexity index is 433. The minimum atomic E-state index is -0.0828. The van der Waals surface area contributed by atoms with E-state index in [0.717, 1.165) is 45.1 Å². The maximum absolute atomic E-state index is 11.2. The first-order chi connectivity index (χ1) is 8.33. The molecule has 6 heteroatoms. The Balaban J connectivity index is 1.62. The number of H-pyrrole nitrogens is 1. The number of aromatic amines is 1. The molecule has 2 aliphatic heterocycles. The summed E-state index contributed by atoms with van der Waals surface area (Å²) in [5.74, 6) is 0.792. The Morgan fingerprint density at radius 2 is 2.00 bits per heavy atom. The fourth-order valence-corrected chi connectivity index (χ4v) is 2.38. The van der Waals surface area contributed by atoms with Crippen molar-refractivity contribution in [3.63, 3.8) is 0 Å². The topological polar surface area (TPSA) is 64.3 Å². The molecular formula is C11H17N5O. The zero-order valence-electron chi connectivity index (χ0n) is 9.72. The number of piperazine rings is 1. The van der Waals surface area contributed by atoms with Crippen LogP contribution in [-0.4, -0.2) is 60.2 Å². The van der Waals surface area contributed by atoms with Gasteiger partial charge >= 0.3 is 0 Å². The zero-order chi connectivity index (χ0) is 11.7. The van der Waals surface area contributed by atoms with Crippen molar-refractivity contribution in [3.8, 4) is 0 Å². The van der Waals surface area contributed by atoms with Crippen molar-refractivity contribution < 1.29 is 0 Å². The largest absolute Gasteiger partial charge is 0.354 e. The van der Waals surface area contributed by atoms with Gasteiger partial charge in [0.2, 0.25) is 0 Å². The van der Waals surface area contributed by atoms with Gasteiger partial charge in [-0.2, -0.15) is 0 Å². The summed E-state index contributed by atoms with van der Waals surface area (Å²) in [7, 11) is 0. The van der Waals surface area contributed by atoms with Crippen molar-refractivity contribution in [2.45, 2.75) is 6.04 Å². The number of hydrogen-bond donors (Lipinski definition) is 2. The summed E-state index contributed by atoms with van der Waals surface area (Å²) in [6, 6.07) is 2.28. The van der Waals surface area contributed by atoms with Crippen LogP contribution in [0.4, 0.5) is 5.82 Å². The van der Waals surface area contributed by atoms with Gasteiger partial charge in [-0.25, -0.2) is 4.98 Å². The Kier molecular flexibility index (Phi) is 2.82. The molecule has 1 aromatic rings. The Hall–Kier alpha value is -1.40. The molecule has 0 spiro atoms. The van der Waals surface area contributed by atoms with E-state index in [1.54, 1.807) is 6.07 Å². The lowest BCUT2D eigenvalue weighted by atomic mass is 10.1. The highest BCUT2D eigenvalue weighted by Gasteiger charge is 2.27. The third-order valence-electron chi connectivity index (χ3n) is 3.58. The number of hydrogen-bond acceptors (Lipinski definition) is 5. The Morgan fingerprint density at radius 3 is 2.59 bits per heavy atom. The van der Waals surface area contributed by atoms with E-state index in [-0.39, 0.29) is 5.56 Å². The number of anilines is 1. The molecule has 0 amide bonds. The van der Waals surface area contributed by atoms with Gasteiger partial charge in [-0.15, -0.1) is 0 Å². The third kappa shape index (κ3) is 2.18. The normalized spacial score (nSPS) is 22.5. The van der Waals surface area contributed by atoms with Gasteiger partial charge in [0.1, 0.15) is 5.82 Å². The molecule has 3 rings (SSSR count). The fourth-order valence-electron chi connectivity index (χ4n) is 2.38. The number of nitrogens with zero attached hydrogens (tertiary/aromatic N) is 3. The van der Waals surface area contributed by atoms with Crippen LogP contribution in [0.5, 0.6) is 0 Å². The maximum atomic E-state index is 11.2. The number of rotatable bonds is 2. The van der Waals surface area contributed by atoms with E-state index < -0.39 is 0 Å². The summed E-state index contributed by atoms with van der Waals surface area (Å²) >= 11 is 0. The summed E-state index contributed by atoms with van der Waals surface area (Å²) in [6.45, 7) is 6.24. The average Bonchev–Trinajstić information content (AvgIpc) is 2.28. The quantitative estimate of drug-likeness (QED) is 0.678. The first-order valence-corrected chi connectivity index (χ1v) is 6.07. The predicted octanol–water partition coefficient (Wildman–Crippen LogP) is -1.14. The second kappa shape index (κ2) is 4.46. The predicted molar refractivity (Wildman–Crippen MR) is 65.3 cm³/mol. The first kappa shape index (κ1) is 10.7. The molecular weight excluding hydrogens is 218 g/mol. The lowest BCUT2D eigenvalue weighted by Gasteiger charge is -2.43. The summed E-state index contributed by atoms with van der Waals surface area (Å²) in [5, 5.41) is 3.30. The summed E-state index contributed by atoms with van der Waals surface area (Å²) < 4.78 is 0. The van der Waals surface area contributed by atoms with E-state index in [0.29, 0.717) is 6.04 Å². The van der Waals surface area contributed by atoms with Gasteiger partial charge in [0, 0.05) is 51.4 Å². The van der Waals surface area contributed by atoms with E-state index in [9.17, 15) is 4.79 Å². The molecule has 0 bridgehead atoms. The molecule has 2 saturated heterocycles. The molecule has 0 saturated carbocycles. The van der Waals surface area contributed by atoms with E-state index >= 15 is 0 Å². The van der Waals surface area contributed by atoms with Crippen LogP contribution in [0.2, 0.25) is 0 Å². The van der Waals surface area contributed by atoms with Crippen molar-refractivity contribution in [2.24, 2.45) is 0 Å². The minimum Gasteiger partial charge on any atom is -0.354 e. The van der Waals surface area contributed by atoms with Crippen LogP contribution < -0.4 is 15.8 Å². The Labute approximate surface area is 99.6 Å². The molecule has 0 unspecified atom stereocenters. The van der Waals surface area contributed by atoms with Crippen molar-refractivity contribution in [3.05, 3.63) is 22.7 Å². The smallest absolute Gasteiger partial charge is 0.252 e. The molecule has 0 aliphatic carbocycles. The SMILES string of the molecule is O=c1cc(N2CCN(C3CNC3)CC2)nc[nH]1. The molecule has 2 fully saturated rings. The second-order valence-corrected chi connectivity index (χ2v) is 4.60. The summed E-state index contributed by atoms with van der Waals surface area (Å²) in [6.07, 6.45) is 1.47. The van der Waals surface area contributed by atoms with Crippen LogP contribution in [-0.2, 0) is 0 Å². The number of nitrogens with one attached hydrogen (secondary N) is 2. The van der Waals surface area contributed by atoms with Crippen LogP contribution in [0.15, 0.2) is 17.2 Å². The fraction of sp³-hybridized carbons (Fsp3) is 0.636. The lowest BCUT2D eigenvalue weighted by molar-refractivity contribution is 0.137. The monoisotopic (exact) mass is 235 g/mol. The minimum absolute atomic E-state index is 0.0828. The second-order valence-electron chi connectivity index (χ2n) is 4.60. The molecule has 2 aliphatic rings. The molecule has 17 heavy (non-hydrogen) atoms. The highest BCUT2D eigenvalue weighted by molar-refractivity contribution is 5.37. The van der Waals surface area contributed by atoms with Crippen LogP contribution in [0.25, 0.3) is 0 Å². The van der Waals surface area contributed by atoms with Gasteiger partial charge in [-0.3, -0.25) is 9.69 Å². The van der Waals surface area contributed by atoms with Crippen molar-refractivity contribution in [2.75, 3.05) is 44.2 Å². The molecule has 2 N–H and O–H groups in total. The van der Waals surface area contributed by atoms with E-state index in [1.807, 2.05) is 0 Å². The lowest BCUT2D eigenvalue weighted by Crippen LogP contribution is -2.61. The molecule has 0 aromatic carbocycles. The molecule has 1 aromatic heterocycles. The number of aromatic nitrogens is 2. The van der Waals surface area contributed by atoms with Gasteiger partial charge in [0.15, 0.2) is 0 Å². The van der Waals surface area contributed by atoms with E-state index in [2.05, 4.69) is 25.1 Å². The molecule has 0 radical (unpaired) electrons. The van der Waals surface area contributed by atoms with Crippen molar-refractivity contribution >= 4 is 5.82 Å². The molecule has 6 nitrogen and oxygen atoms in total. The standard InChI is InChI=1S/C11H17N5O/c17-11-5-10(13-8-14-11)16-3-1-15(2-4-16)9-6-12-7-9/h5,8-9,12H,1-4,6-7H2,(H,13,14,17). The van der Waals surface area contributed by atoms with Crippen LogP contribution in [0.1, 0.15) is 0 Å². The van der Waals surface area contributed by atoms with Crippen molar-refractivity contribution in [1.29, 1.82) is 0 Å². The van der Waals surface area contributed by atoms with Crippen molar-refractivity contribution in [1.82, 2.24) is 20.2 Å². The van der Waals surface area contributed by atoms with Crippen LogP contribution >= 0.6 is 0 Å². The highest BCUT2D eigenvalue weighted by atomic mass is 16.1. The Morgan fingerprint density at radius 1 is 1.24 bits per heavy atom.